The van der Waals surface area contributed by atoms with Crippen molar-refractivity contribution in [2.75, 3.05) is 12.3 Å². The van der Waals surface area contributed by atoms with Crippen molar-refractivity contribution in [3.05, 3.63) is 0 Å². The van der Waals surface area contributed by atoms with Crippen LogP contribution in [-0.4, -0.2) is 26.8 Å². The van der Waals surface area contributed by atoms with Crippen LogP contribution in [0.3, 0.4) is 0 Å². The lowest BCUT2D eigenvalue weighted by Gasteiger charge is -2.30. The first-order valence-corrected chi connectivity index (χ1v) is 7.44. The third-order valence-electron chi connectivity index (χ3n) is 3.02. The summed E-state index contributed by atoms with van der Waals surface area (Å²) in [5.74, 6) is 0.547. The summed E-state index contributed by atoms with van der Waals surface area (Å²) in [4.78, 5) is 0. The summed E-state index contributed by atoms with van der Waals surface area (Å²) >= 11 is 0. The second-order valence-corrected chi connectivity index (χ2v) is 6.20. The van der Waals surface area contributed by atoms with Crippen LogP contribution in [0, 0.1) is 5.92 Å². The number of sulfonamides is 1. The quantitative estimate of drug-likeness (QED) is 0.740. The Morgan fingerprint density at radius 3 is 2.60 bits per heavy atom. The van der Waals surface area contributed by atoms with Gasteiger partial charge in [0.1, 0.15) is 0 Å². The molecule has 0 bridgehead atoms. The molecule has 0 aliphatic heterocycles. The van der Waals surface area contributed by atoms with Gasteiger partial charge in [0.05, 0.1) is 5.75 Å². The Bertz CT molecular complexity index is 277. The Labute approximate surface area is 92.7 Å². The van der Waals surface area contributed by atoms with Crippen LogP contribution in [0.25, 0.3) is 0 Å². The van der Waals surface area contributed by atoms with Gasteiger partial charge in [0.25, 0.3) is 0 Å². The summed E-state index contributed by atoms with van der Waals surface area (Å²) in [6, 6.07) is 0.0697. The average molecular weight is 234 g/mol. The van der Waals surface area contributed by atoms with Crippen LogP contribution >= 0.6 is 0 Å². The van der Waals surface area contributed by atoms with Crippen molar-refractivity contribution in [3.63, 3.8) is 0 Å². The summed E-state index contributed by atoms with van der Waals surface area (Å²) in [6.07, 6.45) is 4.93. The fraction of sp³-hybridized carbons (Fsp3) is 1.00. The van der Waals surface area contributed by atoms with Crippen LogP contribution in [0.5, 0.6) is 0 Å². The number of hydrogen-bond acceptors (Lipinski definition) is 3. The van der Waals surface area contributed by atoms with Crippen molar-refractivity contribution in [2.24, 2.45) is 11.7 Å². The minimum Gasteiger partial charge on any atom is -0.330 e. The van der Waals surface area contributed by atoms with Crippen molar-refractivity contribution >= 4 is 10.0 Å². The lowest BCUT2D eigenvalue weighted by Crippen LogP contribution is -2.45. The van der Waals surface area contributed by atoms with Crippen molar-refractivity contribution in [3.8, 4) is 0 Å². The molecule has 5 heteroatoms. The molecule has 0 saturated heterocycles. The molecule has 1 rings (SSSR count). The Morgan fingerprint density at radius 2 is 2.00 bits per heavy atom. The zero-order chi connectivity index (χ0) is 11.3. The first-order chi connectivity index (χ1) is 7.09. The van der Waals surface area contributed by atoms with Gasteiger partial charge in [0, 0.05) is 6.04 Å². The first-order valence-electron chi connectivity index (χ1n) is 5.79. The Kier molecular flexibility index (Phi) is 5.02. The zero-order valence-electron chi connectivity index (χ0n) is 9.41. The summed E-state index contributed by atoms with van der Waals surface area (Å²) in [5, 5.41) is 0. The van der Waals surface area contributed by atoms with E-state index < -0.39 is 10.0 Å². The predicted octanol–water partition coefficient (Wildman–Crippen LogP) is 0.833. The number of nitrogens with two attached hydrogens (primary N) is 1. The van der Waals surface area contributed by atoms with Gasteiger partial charge >= 0.3 is 0 Å². The molecule has 0 amide bonds. The molecule has 90 valence electrons. The van der Waals surface area contributed by atoms with Gasteiger partial charge in [-0.3, -0.25) is 0 Å². The van der Waals surface area contributed by atoms with Crippen LogP contribution in [0.15, 0.2) is 0 Å². The number of nitrogens with one attached hydrogen (secondary N) is 1. The van der Waals surface area contributed by atoms with Crippen LogP contribution < -0.4 is 10.5 Å². The molecule has 0 aromatic rings. The molecular formula is C10H22N2O2S. The number of hydrogen-bond donors (Lipinski definition) is 2. The monoisotopic (exact) mass is 234 g/mol. The summed E-state index contributed by atoms with van der Waals surface area (Å²) < 4.78 is 26.0. The van der Waals surface area contributed by atoms with Crippen molar-refractivity contribution in [1.29, 1.82) is 0 Å². The third kappa shape index (κ3) is 4.09. The highest BCUT2D eigenvalue weighted by Gasteiger charge is 2.27. The second kappa shape index (κ2) is 5.82. The SMILES string of the molecule is CCCS(=O)(=O)NC1CCCCC1CN. The fourth-order valence-electron chi connectivity index (χ4n) is 2.20. The van der Waals surface area contributed by atoms with Crippen LogP contribution in [-0.2, 0) is 10.0 Å². The van der Waals surface area contributed by atoms with E-state index in [4.69, 9.17) is 5.73 Å². The molecule has 1 aliphatic carbocycles. The summed E-state index contributed by atoms with van der Waals surface area (Å²) in [6.45, 7) is 2.46. The second-order valence-electron chi connectivity index (χ2n) is 4.32. The topological polar surface area (TPSA) is 72.2 Å². The van der Waals surface area contributed by atoms with Gasteiger partial charge in [-0.2, -0.15) is 0 Å². The molecule has 2 unspecified atom stereocenters. The molecule has 0 aromatic heterocycles. The molecule has 0 heterocycles. The minimum atomic E-state index is -3.08. The van der Waals surface area contributed by atoms with Gasteiger partial charge < -0.3 is 5.73 Å². The predicted molar refractivity (Wildman–Crippen MR) is 62.0 cm³/mol. The lowest BCUT2D eigenvalue weighted by molar-refractivity contribution is 0.296. The van der Waals surface area contributed by atoms with Gasteiger partial charge in [0.2, 0.25) is 10.0 Å². The smallest absolute Gasteiger partial charge is 0.211 e. The lowest BCUT2D eigenvalue weighted by atomic mass is 9.85. The van der Waals surface area contributed by atoms with Crippen LogP contribution in [0.2, 0.25) is 0 Å². The molecule has 4 nitrogen and oxygen atoms in total. The van der Waals surface area contributed by atoms with Gasteiger partial charge in [-0.15, -0.1) is 0 Å². The molecule has 1 saturated carbocycles. The Hall–Kier alpha value is -0.130. The van der Waals surface area contributed by atoms with E-state index in [1.54, 1.807) is 0 Å². The van der Waals surface area contributed by atoms with Crippen molar-refractivity contribution in [2.45, 2.75) is 45.1 Å². The highest BCUT2D eigenvalue weighted by Crippen LogP contribution is 2.24. The summed E-state index contributed by atoms with van der Waals surface area (Å²) in [5.41, 5.74) is 5.65. The van der Waals surface area contributed by atoms with E-state index >= 15 is 0 Å². The highest BCUT2D eigenvalue weighted by molar-refractivity contribution is 7.89. The van der Waals surface area contributed by atoms with Crippen LogP contribution in [0.1, 0.15) is 39.0 Å². The van der Waals surface area contributed by atoms with Gasteiger partial charge in [-0.25, -0.2) is 13.1 Å². The van der Waals surface area contributed by atoms with E-state index in [-0.39, 0.29) is 11.8 Å². The van der Waals surface area contributed by atoms with E-state index in [9.17, 15) is 8.42 Å². The molecule has 2 atom stereocenters. The van der Waals surface area contributed by atoms with E-state index in [0.29, 0.717) is 18.9 Å². The maximum atomic E-state index is 11.6. The van der Waals surface area contributed by atoms with Crippen LogP contribution in [0.4, 0.5) is 0 Å². The zero-order valence-corrected chi connectivity index (χ0v) is 10.2. The molecule has 0 aromatic carbocycles. The normalized spacial score (nSPS) is 27.9. The summed E-state index contributed by atoms with van der Waals surface area (Å²) in [7, 11) is -3.08. The third-order valence-corrected chi connectivity index (χ3v) is 4.62. The standard InChI is InChI=1S/C10H22N2O2S/c1-2-7-15(13,14)12-10-6-4-3-5-9(10)8-11/h9-10,12H,2-8,11H2,1H3. The van der Waals surface area contributed by atoms with E-state index in [0.717, 1.165) is 19.3 Å². The van der Waals surface area contributed by atoms with Crippen molar-refractivity contribution in [1.82, 2.24) is 4.72 Å². The molecule has 0 spiro atoms. The maximum Gasteiger partial charge on any atom is 0.211 e. The molecule has 3 N–H and O–H groups in total. The molecule has 1 fully saturated rings. The van der Waals surface area contributed by atoms with Gasteiger partial charge in [0.15, 0.2) is 0 Å². The highest BCUT2D eigenvalue weighted by atomic mass is 32.2. The molecule has 15 heavy (non-hydrogen) atoms. The average Bonchev–Trinajstić information content (AvgIpc) is 2.17. The first kappa shape index (κ1) is 12.9. The fourth-order valence-corrected chi connectivity index (χ4v) is 3.63. The Balaban J connectivity index is 2.54. The van der Waals surface area contributed by atoms with E-state index in [2.05, 4.69) is 4.72 Å². The van der Waals surface area contributed by atoms with Gasteiger partial charge in [-0.05, 0) is 31.7 Å². The minimum absolute atomic E-state index is 0.0697. The Morgan fingerprint density at radius 1 is 1.33 bits per heavy atom. The van der Waals surface area contributed by atoms with Gasteiger partial charge in [-0.1, -0.05) is 19.8 Å². The largest absolute Gasteiger partial charge is 0.330 e. The molecule has 1 aliphatic rings. The number of rotatable bonds is 5. The molecular weight excluding hydrogens is 212 g/mol. The van der Waals surface area contributed by atoms with E-state index in [1.165, 1.54) is 6.42 Å². The van der Waals surface area contributed by atoms with E-state index in [1.807, 2.05) is 6.92 Å². The molecule has 0 radical (unpaired) electrons. The maximum absolute atomic E-state index is 11.6. The van der Waals surface area contributed by atoms with Crippen molar-refractivity contribution < 1.29 is 8.42 Å².